The summed E-state index contributed by atoms with van der Waals surface area (Å²) in [5.41, 5.74) is 3.48. The zero-order valence-corrected chi connectivity index (χ0v) is 20.9. The summed E-state index contributed by atoms with van der Waals surface area (Å²) in [6.07, 6.45) is 7.68. The first-order chi connectivity index (χ1) is 17.9. The Labute approximate surface area is 215 Å². The monoisotopic (exact) mass is 516 g/mol. The van der Waals surface area contributed by atoms with E-state index in [-0.39, 0.29) is 17.7 Å². The summed E-state index contributed by atoms with van der Waals surface area (Å²) < 4.78 is 22.0. The second kappa shape index (κ2) is 9.91. The largest absolute Gasteiger partial charge is 0.453 e. The number of methoxy groups -OCH3 is 1. The van der Waals surface area contributed by atoms with E-state index < -0.39 is 5.82 Å². The van der Waals surface area contributed by atoms with E-state index in [1.807, 2.05) is 36.1 Å². The number of nitrogens with zero attached hydrogens (tertiary/aromatic N) is 8. The summed E-state index contributed by atoms with van der Waals surface area (Å²) in [6.45, 7) is 3.06. The molecule has 0 aliphatic carbocycles. The molecule has 0 unspecified atom stereocenters. The minimum Gasteiger partial charge on any atom is -0.453 e. The Hall–Kier alpha value is -4.42. The molecule has 1 atom stereocenters. The topological polar surface area (TPSA) is 125 Å². The van der Waals surface area contributed by atoms with Crippen molar-refractivity contribution in [3.05, 3.63) is 59.6 Å². The number of aromatic nitrogens is 5. The van der Waals surface area contributed by atoms with Gasteiger partial charge in [-0.1, -0.05) is 11.8 Å². The van der Waals surface area contributed by atoms with E-state index >= 15 is 0 Å². The Kier molecular flexibility index (Phi) is 6.51. The fourth-order valence-corrected chi connectivity index (χ4v) is 5.52. The summed E-state index contributed by atoms with van der Waals surface area (Å²) in [5.74, 6) is -0.599. The number of carbonyl (C=O) groups is 1. The lowest BCUT2D eigenvalue weighted by Gasteiger charge is -2.31. The van der Waals surface area contributed by atoms with Gasteiger partial charge in [0.25, 0.3) is 0 Å². The summed E-state index contributed by atoms with van der Waals surface area (Å²) in [5, 5.41) is 28.5. The number of pyridine rings is 2. The lowest BCUT2D eigenvalue weighted by Crippen LogP contribution is -2.40. The molecule has 5 rings (SSSR count). The van der Waals surface area contributed by atoms with Crippen molar-refractivity contribution < 1.29 is 13.9 Å². The van der Waals surface area contributed by atoms with Gasteiger partial charge in [-0.2, -0.15) is 20.7 Å². The second-order valence-electron chi connectivity index (χ2n) is 8.60. The number of rotatable bonds is 4. The van der Waals surface area contributed by atoms with E-state index in [9.17, 15) is 19.7 Å². The van der Waals surface area contributed by atoms with E-state index in [1.54, 1.807) is 9.42 Å². The molecule has 37 heavy (non-hydrogen) atoms. The first-order valence-corrected chi connectivity index (χ1v) is 12.3. The third-order valence-corrected chi connectivity index (χ3v) is 7.32. The smallest absolute Gasteiger partial charge is 0.409 e. The fraction of sp³-hybridized carbons (Fsp3) is 0.280. The minimum atomic E-state index is -0.599. The van der Waals surface area contributed by atoms with Crippen LogP contribution in [-0.4, -0.2) is 55.6 Å². The zero-order chi connectivity index (χ0) is 26.1. The van der Waals surface area contributed by atoms with Crippen molar-refractivity contribution in [2.45, 2.75) is 35.7 Å². The first-order valence-electron chi connectivity index (χ1n) is 11.5. The van der Waals surface area contributed by atoms with Gasteiger partial charge in [-0.3, -0.25) is 4.68 Å². The van der Waals surface area contributed by atoms with Gasteiger partial charge in [0.05, 0.1) is 47.9 Å². The van der Waals surface area contributed by atoms with Gasteiger partial charge in [0.1, 0.15) is 23.0 Å². The van der Waals surface area contributed by atoms with Gasteiger partial charge in [0.2, 0.25) is 0 Å². The lowest BCUT2D eigenvalue weighted by molar-refractivity contribution is 0.101. The number of hydrogen-bond acceptors (Lipinski definition) is 8. The van der Waals surface area contributed by atoms with E-state index in [4.69, 9.17) is 9.84 Å². The molecule has 0 spiro atoms. The van der Waals surface area contributed by atoms with Crippen molar-refractivity contribution in [1.82, 2.24) is 29.3 Å². The van der Waals surface area contributed by atoms with Crippen LogP contribution in [0.4, 0.5) is 9.18 Å². The fourth-order valence-electron chi connectivity index (χ4n) is 4.50. The molecule has 5 heterocycles. The normalized spacial score (nSPS) is 15.4. The van der Waals surface area contributed by atoms with Crippen LogP contribution in [0.1, 0.15) is 35.7 Å². The quantitative estimate of drug-likeness (QED) is 0.392. The van der Waals surface area contributed by atoms with Gasteiger partial charge < -0.3 is 9.64 Å². The molecule has 1 amide bonds. The highest BCUT2D eigenvalue weighted by Gasteiger charge is 2.27. The maximum absolute atomic E-state index is 13.7. The van der Waals surface area contributed by atoms with Gasteiger partial charge in [-0.25, -0.2) is 18.7 Å². The molecule has 0 bridgehead atoms. The highest BCUT2D eigenvalue weighted by atomic mass is 32.2. The second-order valence-corrected chi connectivity index (χ2v) is 9.63. The molecule has 1 aliphatic rings. The van der Waals surface area contributed by atoms with Crippen LogP contribution < -0.4 is 0 Å². The highest BCUT2D eigenvalue weighted by Crippen LogP contribution is 2.37. The van der Waals surface area contributed by atoms with Crippen molar-refractivity contribution >= 4 is 23.4 Å². The average Bonchev–Trinajstić information content (AvgIpc) is 3.52. The van der Waals surface area contributed by atoms with E-state index in [0.29, 0.717) is 34.1 Å². The van der Waals surface area contributed by atoms with Crippen LogP contribution in [0.15, 0.2) is 46.8 Å². The molecule has 0 N–H and O–H groups in total. The summed E-state index contributed by atoms with van der Waals surface area (Å²) in [7, 11) is 1.38. The van der Waals surface area contributed by atoms with Crippen LogP contribution in [0.2, 0.25) is 0 Å². The standard InChI is InChI=1S/C25H21FN8O2S/c1-15-21(14-33(31-15)20-4-3-5-32(13-20)25(35)36-2)17-7-22(23-18(9-28)10-30-34(23)12-17)37-24-16(8-27)6-19(26)11-29-24/h6-7,10-12,14,20H,3-5,13H2,1-2H3/t20-/m0/s1. The van der Waals surface area contributed by atoms with Crippen LogP contribution in [-0.2, 0) is 4.74 Å². The molecule has 4 aromatic heterocycles. The van der Waals surface area contributed by atoms with Gasteiger partial charge in [-0.15, -0.1) is 0 Å². The van der Waals surface area contributed by atoms with Crippen molar-refractivity contribution in [3.8, 4) is 23.3 Å². The molecule has 1 fully saturated rings. The van der Waals surface area contributed by atoms with Gasteiger partial charge >= 0.3 is 6.09 Å². The number of piperidine rings is 1. The van der Waals surface area contributed by atoms with Crippen LogP contribution in [0, 0.1) is 35.4 Å². The Balaban J connectivity index is 1.56. The molecule has 0 radical (unpaired) electrons. The summed E-state index contributed by atoms with van der Waals surface area (Å²) >= 11 is 1.17. The summed E-state index contributed by atoms with van der Waals surface area (Å²) in [4.78, 5) is 18.5. The molecule has 12 heteroatoms. The third-order valence-electron chi connectivity index (χ3n) is 6.27. The number of fused-ring (bicyclic) bond motifs is 1. The number of aryl methyl sites for hydroxylation is 1. The van der Waals surface area contributed by atoms with Gasteiger partial charge in [0.15, 0.2) is 0 Å². The number of carbonyl (C=O) groups excluding carboxylic acids is 1. The van der Waals surface area contributed by atoms with Crippen LogP contribution in [0.25, 0.3) is 16.6 Å². The molecule has 1 aliphatic heterocycles. The highest BCUT2D eigenvalue weighted by molar-refractivity contribution is 7.99. The van der Waals surface area contributed by atoms with Crippen LogP contribution >= 0.6 is 11.8 Å². The van der Waals surface area contributed by atoms with Crippen LogP contribution in [0.5, 0.6) is 0 Å². The predicted molar refractivity (Wildman–Crippen MR) is 131 cm³/mol. The van der Waals surface area contributed by atoms with Gasteiger partial charge in [0, 0.05) is 41.5 Å². The average molecular weight is 517 g/mol. The Bertz CT molecular complexity index is 1600. The molecule has 4 aromatic rings. The minimum absolute atomic E-state index is 0.00868. The Morgan fingerprint density at radius 1 is 1.22 bits per heavy atom. The molecular weight excluding hydrogens is 495 g/mol. The molecule has 0 saturated carbocycles. The Morgan fingerprint density at radius 3 is 2.78 bits per heavy atom. The number of hydrogen-bond donors (Lipinski definition) is 0. The van der Waals surface area contributed by atoms with Crippen molar-refractivity contribution in [2.75, 3.05) is 20.2 Å². The number of halogens is 1. The first kappa shape index (κ1) is 24.3. The predicted octanol–water partition coefficient (Wildman–Crippen LogP) is 4.34. The molecular formula is C25H21FN8O2S. The maximum atomic E-state index is 13.7. The van der Waals surface area contributed by atoms with Crippen molar-refractivity contribution in [1.29, 1.82) is 10.5 Å². The van der Waals surface area contributed by atoms with Crippen molar-refractivity contribution in [2.24, 2.45) is 0 Å². The summed E-state index contributed by atoms with van der Waals surface area (Å²) in [6, 6.07) is 7.16. The zero-order valence-electron chi connectivity index (χ0n) is 20.1. The molecule has 1 saturated heterocycles. The van der Waals surface area contributed by atoms with E-state index in [2.05, 4.69) is 16.2 Å². The molecule has 186 valence electrons. The van der Waals surface area contributed by atoms with Crippen LogP contribution in [0.3, 0.4) is 0 Å². The Morgan fingerprint density at radius 2 is 2.03 bits per heavy atom. The maximum Gasteiger partial charge on any atom is 0.409 e. The number of likely N-dealkylation sites (tertiary alicyclic amines) is 1. The third kappa shape index (κ3) is 4.59. The lowest BCUT2D eigenvalue weighted by atomic mass is 10.1. The van der Waals surface area contributed by atoms with Crippen molar-refractivity contribution in [3.63, 3.8) is 0 Å². The van der Waals surface area contributed by atoms with E-state index in [1.165, 1.54) is 25.1 Å². The van der Waals surface area contributed by atoms with E-state index in [0.717, 1.165) is 41.9 Å². The number of nitriles is 2. The number of amides is 1. The SMILES string of the molecule is COC(=O)N1CCC[C@H](n2cc(-c3cc(Sc4ncc(F)cc4C#N)c4c(C#N)cnn4c3)c(C)n2)C1. The number of ether oxygens (including phenoxy) is 1. The molecule has 0 aromatic carbocycles. The molecule has 10 nitrogen and oxygen atoms in total. The van der Waals surface area contributed by atoms with Gasteiger partial charge in [-0.05, 0) is 31.9 Å².